The molecule has 0 spiro atoms. The zero-order chi connectivity index (χ0) is 105. The number of carboxylic acids is 4. The van der Waals surface area contributed by atoms with Gasteiger partial charge in [-0.3, -0.25) is 116 Å². The summed E-state index contributed by atoms with van der Waals surface area (Å²) in [6.45, 7) is 11.2. The van der Waals surface area contributed by atoms with E-state index in [2.05, 4.69) is 105 Å². The van der Waals surface area contributed by atoms with Crippen LogP contribution in [0.15, 0.2) is 55.4 Å². The van der Waals surface area contributed by atoms with Crippen molar-refractivity contribution in [1.82, 2.24) is 115 Å². The van der Waals surface area contributed by atoms with Crippen LogP contribution in [0.25, 0.3) is 0 Å². The van der Waals surface area contributed by atoms with Crippen LogP contribution in [0.3, 0.4) is 0 Å². The lowest BCUT2D eigenvalue weighted by Gasteiger charge is -2.30. The molecule has 140 heavy (non-hydrogen) atoms. The van der Waals surface area contributed by atoms with Crippen molar-refractivity contribution in [2.75, 3.05) is 32.7 Å². The quantitative estimate of drug-likeness (QED) is 0.0142. The molecular weight excluding hydrogens is 1840 g/mol. The lowest BCUT2D eigenvalue weighted by molar-refractivity contribution is -0.144. The number of H-pyrrole nitrogens is 2. The van der Waals surface area contributed by atoms with E-state index in [4.69, 9.17) is 28.3 Å². The summed E-state index contributed by atoms with van der Waals surface area (Å²) >= 11 is 0. The van der Waals surface area contributed by atoms with Gasteiger partial charge in [-0.1, -0.05) is 92.1 Å². The molecule has 1 fully saturated rings. The largest absolute Gasteiger partial charge is 0.481 e. The highest BCUT2D eigenvalue weighted by atomic mass is 16.4. The minimum Gasteiger partial charge on any atom is -0.481 e. The number of hydrogen-bond acceptors (Lipinski definition) is 27. The number of carbonyl (C=O) groups excluding carboxylic acids is 19. The molecular formula is C86H131N27O27. The Morgan fingerprint density at radius 2 is 0.850 bits per heavy atom. The number of nitrogens with zero attached hydrogens (tertiary/aromatic N) is 3. The van der Waals surface area contributed by atoms with E-state index in [9.17, 15) is 131 Å². The van der Waals surface area contributed by atoms with Gasteiger partial charge in [-0.15, -0.1) is 0 Å². The maximum Gasteiger partial charge on any atom is 0.325 e. The number of aromatic amines is 2. The Kier molecular flexibility index (Phi) is 49.3. The molecule has 1 aliphatic heterocycles. The maximum atomic E-state index is 14.8. The molecule has 1 aliphatic rings. The van der Waals surface area contributed by atoms with Crippen LogP contribution in [0.5, 0.6) is 0 Å². The Balaban J connectivity index is 1.55. The lowest BCUT2D eigenvalue weighted by atomic mass is 9.96. The van der Waals surface area contributed by atoms with E-state index in [0.29, 0.717) is 12.0 Å². The van der Waals surface area contributed by atoms with E-state index in [1.165, 1.54) is 57.6 Å². The van der Waals surface area contributed by atoms with Gasteiger partial charge >= 0.3 is 23.9 Å². The molecule has 0 aliphatic carbocycles. The minimum atomic E-state index is -1.89. The summed E-state index contributed by atoms with van der Waals surface area (Å²) in [5.41, 5.74) is 22.8. The number of imidazole rings is 2. The molecule has 0 unspecified atom stereocenters. The number of nitrogens with one attached hydrogen (secondary N) is 20. The Labute approximate surface area is 803 Å². The van der Waals surface area contributed by atoms with E-state index in [1.54, 1.807) is 58.0 Å². The molecule has 0 saturated carbocycles. The van der Waals surface area contributed by atoms with Gasteiger partial charge < -0.3 is 149 Å². The van der Waals surface area contributed by atoms with Gasteiger partial charge in [-0.05, 0) is 87.5 Å². The number of hydrogen-bond donors (Lipinski definition) is 28. The third-order valence-electron chi connectivity index (χ3n) is 21.9. The molecule has 1 saturated heterocycles. The number of guanidine groups is 1. The molecule has 0 radical (unpaired) electrons. The predicted octanol–water partition coefficient (Wildman–Crippen LogP) is -8.75. The second kappa shape index (κ2) is 59.0. The fourth-order valence-electron chi connectivity index (χ4n) is 14.2. The Hall–Kier alpha value is -15.3. The minimum absolute atomic E-state index is 0.0272. The van der Waals surface area contributed by atoms with Crippen LogP contribution in [0.1, 0.15) is 169 Å². The first kappa shape index (κ1) is 117. The predicted molar refractivity (Wildman–Crippen MR) is 491 cm³/mol. The lowest BCUT2D eigenvalue weighted by Crippen LogP contribution is -2.61. The number of benzene rings is 1. The molecule has 2 aromatic heterocycles. The van der Waals surface area contributed by atoms with Crippen molar-refractivity contribution < 1.29 is 131 Å². The van der Waals surface area contributed by atoms with E-state index in [-0.39, 0.29) is 81.8 Å². The van der Waals surface area contributed by atoms with Crippen LogP contribution in [-0.4, -0.2) is 311 Å². The van der Waals surface area contributed by atoms with E-state index >= 15 is 0 Å². The number of carbonyl (C=O) groups is 23. The monoisotopic (exact) mass is 1970 g/mol. The number of carboxylic acid groups (broad SMARTS) is 4. The first-order valence-electron chi connectivity index (χ1n) is 45.2. The van der Waals surface area contributed by atoms with Crippen molar-refractivity contribution in [2.24, 2.45) is 46.6 Å². The van der Waals surface area contributed by atoms with Gasteiger partial charge in [0.1, 0.15) is 90.6 Å². The molecule has 16 atom stereocenters. The van der Waals surface area contributed by atoms with Gasteiger partial charge in [0, 0.05) is 75.4 Å². The average Bonchev–Trinajstić information content (AvgIpc) is 1.67. The fourth-order valence-corrected chi connectivity index (χ4v) is 14.2. The number of primary amides is 2. The molecule has 1 aromatic carbocycles. The Bertz CT molecular complexity index is 4830. The number of aromatic nitrogens is 4. The molecule has 772 valence electrons. The fraction of sp³-hybridized carbons (Fsp3) is 0.581. The first-order chi connectivity index (χ1) is 65.9. The summed E-state index contributed by atoms with van der Waals surface area (Å²) in [7, 11) is 0. The van der Waals surface area contributed by atoms with Crippen molar-refractivity contribution in [3.8, 4) is 0 Å². The van der Waals surface area contributed by atoms with Crippen LogP contribution in [-0.2, 0) is 130 Å². The molecule has 32 N–H and O–H groups in total. The molecule has 3 heterocycles. The highest BCUT2D eigenvalue weighted by molar-refractivity contribution is 6.02. The first-order valence-corrected chi connectivity index (χ1v) is 45.2. The van der Waals surface area contributed by atoms with Crippen LogP contribution >= 0.6 is 0 Å². The van der Waals surface area contributed by atoms with Crippen molar-refractivity contribution >= 4 is 142 Å². The third kappa shape index (κ3) is 41.7. The molecule has 54 nitrogen and oxygen atoms in total. The number of aliphatic carboxylic acids is 4. The zero-order valence-electron chi connectivity index (χ0n) is 79.1. The van der Waals surface area contributed by atoms with Crippen molar-refractivity contribution in [3.05, 3.63) is 72.3 Å². The van der Waals surface area contributed by atoms with Gasteiger partial charge in [0.25, 0.3) is 0 Å². The third-order valence-corrected chi connectivity index (χ3v) is 21.9. The van der Waals surface area contributed by atoms with Crippen molar-refractivity contribution in [1.29, 1.82) is 5.41 Å². The van der Waals surface area contributed by atoms with Crippen LogP contribution in [0.2, 0.25) is 0 Å². The summed E-state index contributed by atoms with van der Waals surface area (Å²) in [4.78, 5) is 326. The van der Waals surface area contributed by atoms with Crippen LogP contribution in [0, 0.1) is 29.1 Å². The van der Waals surface area contributed by atoms with E-state index < -0.39 is 321 Å². The number of amides is 19. The van der Waals surface area contributed by atoms with Gasteiger partial charge in [0.15, 0.2) is 5.96 Å². The van der Waals surface area contributed by atoms with Gasteiger partial charge in [0.2, 0.25) is 112 Å². The second-order valence-electron chi connectivity index (χ2n) is 34.5. The van der Waals surface area contributed by atoms with E-state index in [0.717, 1.165) is 6.92 Å². The van der Waals surface area contributed by atoms with Gasteiger partial charge in [-0.25, -0.2) is 9.97 Å². The summed E-state index contributed by atoms with van der Waals surface area (Å²) in [6, 6.07) is -16.1. The van der Waals surface area contributed by atoms with Crippen molar-refractivity contribution in [3.63, 3.8) is 0 Å². The molecule has 19 amide bonds. The second-order valence-corrected chi connectivity index (χ2v) is 34.5. The van der Waals surface area contributed by atoms with E-state index in [1.807, 2.05) is 5.32 Å². The molecule has 54 heteroatoms. The number of nitrogens with two attached hydrogens (primary N) is 4. The Morgan fingerprint density at radius 1 is 0.443 bits per heavy atom. The maximum absolute atomic E-state index is 14.8. The molecule has 0 bridgehead atoms. The molecule has 4 rings (SSSR count). The van der Waals surface area contributed by atoms with Crippen LogP contribution < -0.4 is 113 Å². The standard InChI is InChI=1S/C86H131N27O27/c1-10-44(8)70(112-78(132)54(29-46-16-12-11-13-17-46)101-63(117)38-96-72(126)57(32-66(121)122)107-80(134)59-19-15-27-113(59)84(138)52(100-62(116)34-87)18-14-26-94-86(90)91)83(137)108-56(31-48-36-93-40-98-48)79(133)111-68(42(4)5)81(135)105-49(20-23-60(88)114)71(125)95-37-64(118)102-55(30-47-35-92-39-97-47)77(131)106-53(28-41(2)3)76(130)104-50(21-24-61(89)115)73(127)103-51(22-25-65(119)120)74(128)110-69(43(6)7)82(136)109-58(33-67(123)124)75(129)99-45(9)85(139)140/h11-13,16-17,35-36,39-45,49-59,68-70H,10,14-15,18-34,37-38,87H2,1-9H3,(H2,88,114)(H2,89,115)(H,92,97)(H,93,98)(H,95,125)(H,96,126)(H,99,129)(H,100,116)(H,101,117)(H,102,118)(H,103,127)(H,104,130)(H,105,135)(H,106,131)(H,107,134)(H,108,137)(H,109,136)(H,110,128)(H,111,133)(H,112,132)(H,119,120)(H,121,122)(H,123,124)(H,139,140)(H4,90,91,94)/t44-,45-,49-,50-,51-,52-,53-,54-,55-,56-,57-,58-,59-,68-,69-,70-/m0/s1. The highest BCUT2D eigenvalue weighted by Gasteiger charge is 2.43. The van der Waals surface area contributed by atoms with Crippen LogP contribution in [0.4, 0.5) is 0 Å². The SMILES string of the molecule is CC[C@H](C)[C@H](NC(=O)[C@H](Cc1ccccc1)NC(=O)CNC(=O)[C@H](CC(=O)O)NC(=O)[C@@H]1CCCN1C(=O)[C@H](CCCNC(=N)N)NC(=O)CN)C(=O)N[C@@H](Cc1cnc[nH]1)C(=O)N[C@H](C(=O)N[C@@H](CCC(N)=O)C(=O)NCC(=O)N[C@@H](Cc1cnc[nH]1)C(=O)N[C@@H](CC(C)C)C(=O)N[C@@H](CCC(N)=O)C(=O)N[C@@H](CCC(=O)O)C(=O)N[C@H](C(=O)N[C@@H](CC(=O)O)C(=O)N[C@@H](C)C(=O)O)C(C)C)C(C)C. The summed E-state index contributed by atoms with van der Waals surface area (Å²) in [6.07, 6.45) is -1.10. The Morgan fingerprint density at radius 3 is 1.31 bits per heavy atom. The zero-order valence-corrected chi connectivity index (χ0v) is 79.1. The highest BCUT2D eigenvalue weighted by Crippen LogP contribution is 2.22. The van der Waals surface area contributed by atoms with Gasteiger partial charge in [0.05, 0.1) is 45.1 Å². The molecule has 3 aromatic rings. The number of rotatable bonds is 63. The average molecular weight is 1980 g/mol. The van der Waals surface area contributed by atoms with Crippen molar-refractivity contribution in [2.45, 2.75) is 262 Å². The number of likely N-dealkylation sites (tertiary alicyclic amines) is 1. The summed E-state index contributed by atoms with van der Waals surface area (Å²) in [5.74, 6) is -29.1. The summed E-state index contributed by atoms with van der Waals surface area (Å²) in [5, 5.41) is 87.0. The van der Waals surface area contributed by atoms with Gasteiger partial charge in [-0.2, -0.15) is 0 Å². The topological polar surface area (TPSA) is 867 Å². The smallest absolute Gasteiger partial charge is 0.325 e. The summed E-state index contributed by atoms with van der Waals surface area (Å²) < 4.78 is 0. The normalized spacial score (nSPS) is 15.4.